The van der Waals surface area contributed by atoms with Gasteiger partial charge in [0.25, 0.3) is 0 Å². The molecule has 0 saturated carbocycles. The first-order valence-corrected chi connectivity index (χ1v) is 6.25. The number of aromatic nitrogens is 2. The molecule has 0 atom stereocenters. The van der Waals surface area contributed by atoms with Crippen molar-refractivity contribution in [2.75, 3.05) is 0 Å². The molecule has 0 saturated heterocycles. The number of thioether (sulfide) groups is 1. The van der Waals surface area contributed by atoms with Crippen molar-refractivity contribution in [3.8, 4) is 6.07 Å². The van der Waals surface area contributed by atoms with Crippen molar-refractivity contribution in [3.05, 3.63) is 52.8 Å². The summed E-state index contributed by atoms with van der Waals surface area (Å²) in [5, 5.41) is 9.48. The highest BCUT2D eigenvalue weighted by Crippen LogP contribution is 2.21. The van der Waals surface area contributed by atoms with Gasteiger partial charge in [0, 0.05) is 5.75 Å². The summed E-state index contributed by atoms with van der Waals surface area (Å²) in [6, 6.07) is 12.0. The van der Waals surface area contributed by atoms with Crippen LogP contribution in [0.25, 0.3) is 0 Å². The van der Waals surface area contributed by atoms with Crippen LogP contribution in [-0.2, 0) is 5.75 Å². The van der Waals surface area contributed by atoms with E-state index in [1.165, 1.54) is 23.5 Å². The van der Waals surface area contributed by atoms with E-state index >= 15 is 0 Å². The van der Waals surface area contributed by atoms with Gasteiger partial charge in [-0.3, -0.25) is 0 Å². The Balaban J connectivity index is 2.06. The maximum atomic E-state index is 8.70. The Labute approximate surface area is 108 Å². The standard InChI is InChI=1S/C12H8ClN3S/c13-11-10(6-14)7-15-12(16-11)17-8-9-4-2-1-3-5-9/h1-5,7H,8H2. The topological polar surface area (TPSA) is 49.6 Å². The third kappa shape index (κ3) is 3.19. The minimum absolute atomic E-state index is 0.207. The van der Waals surface area contributed by atoms with Crippen LogP contribution in [0.3, 0.4) is 0 Å². The first kappa shape index (κ1) is 11.9. The molecule has 1 aromatic carbocycles. The normalized spacial score (nSPS) is 9.88. The van der Waals surface area contributed by atoms with Gasteiger partial charge in [0.05, 0.1) is 6.20 Å². The summed E-state index contributed by atoms with van der Waals surface area (Å²) >= 11 is 7.32. The van der Waals surface area contributed by atoms with Crippen LogP contribution in [0, 0.1) is 11.3 Å². The van der Waals surface area contributed by atoms with Gasteiger partial charge in [0.1, 0.15) is 11.6 Å². The monoisotopic (exact) mass is 261 g/mol. The van der Waals surface area contributed by atoms with E-state index in [1.54, 1.807) is 0 Å². The van der Waals surface area contributed by atoms with E-state index in [2.05, 4.69) is 9.97 Å². The van der Waals surface area contributed by atoms with Gasteiger partial charge in [-0.1, -0.05) is 53.7 Å². The molecule has 0 aliphatic rings. The smallest absolute Gasteiger partial charge is 0.189 e. The Bertz CT molecular complexity index is 551. The molecule has 0 aliphatic heterocycles. The number of rotatable bonds is 3. The summed E-state index contributed by atoms with van der Waals surface area (Å²) < 4.78 is 0. The lowest BCUT2D eigenvalue weighted by molar-refractivity contribution is 0.960. The highest BCUT2D eigenvalue weighted by molar-refractivity contribution is 7.98. The van der Waals surface area contributed by atoms with Crippen molar-refractivity contribution in [2.45, 2.75) is 10.9 Å². The molecule has 1 heterocycles. The molecule has 0 spiro atoms. The zero-order valence-electron chi connectivity index (χ0n) is 8.80. The SMILES string of the molecule is N#Cc1cnc(SCc2ccccc2)nc1Cl. The van der Waals surface area contributed by atoms with E-state index in [9.17, 15) is 0 Å². The van der Waals surface area contributed by atoms with Gasteiger partial charge in [-0.05, 0) is 5.56 Å². The zero-order valence-corrected chi connectivity index (χ0v) is 10.4. The number of hydrogen-bond donors (Lipinski definition) is 0. The van der Waals surface area contributed by atoms with Crippen molar-refractivity contribution in [1.29, 1.82) is 5.26 Å². The molecule has 0 bridgehead atoms. The van der Waals surface area contributed by atoms with Crippen molar-refractivity contribution >= 4 is 23.4 Å². The first-order valence-electron chi connectivity index (χ1n) is 4.89. The highest BCUT2D eigenvalue weighted by atomic mass is 35.5. The Kier molecular flexibility index (Phi) is 3.97. The van der Waals surface area contributed by atoms with Gasteiger partial charge >= 0.3 is 0 Å². The highest BCUT2D eigenvalue weighted by Gasteiger charge is 2.04. The Morgan fingerprint density at radius 3 is 2.71 bits per heavy atom. The van der Waals surface area contributed by atoms with E-state index in [-0.39, 0.29) is 5.15 Å². The second-order valence-electron chi connectivity index (χ2n) is 3.24. The number of nitrogens with zero attached hydrogens (tertiary/aromatic N) is 3. The molecule has 0 unspecified atom stereocenters. The summed E-state index contributed by atoms with van der Waals surface area (Å²) in [6.07, 6.45) is 1.45. The third-order valence-electron chi connectivity index (χ3n) is 2.05. The second kappa shape index (κ2) is 5.67. The number of halogens is 1. The van der Waals surface area contributed by atoms with Crippen LogP contribution < -0.4 is 0 Å². The van der Waals surface area contributed by atoms with Crippen molar-refractivity contribution in [2.24, 2.45) is 0 Å². The Hall–Kier alpha value is -1.57. The lowest BCUT2D eigenvalue weighted by atomic mass is 10.2. The largest absolute Gasteiger partial charge is 0.230 e. The quantitative estimate of drug-likeness (QED) is 0.483. The second-order valence-corrected chi connectivity index (χ2v) is 4.54. The minimum atomic E-state index is 0.207. The maximum Gasteiger partial charge on any atom is 0.189 e. The molecule has 0 radical (unpaired) electrons. The number of nitriles is 1. The third-order valence-corrected chi connectivity index (χ3v) is 3.27. The summed E-state index contributed by atoms with van der Waals surface area (Å²) in [6.45, 7) is 0. The number of hydrogen-bond acceptors (Lipinski definition) is 4. The van der Waals surface area contributed by atoms with Crippen LogP contribution in [0.5, 0.6) is 0 Å². The number of benzene rings is 1. The molecule has 0 aliphatic carbocycles. The van der Waals surface area contributed by atoms with Gasteiger partial charge in [-0.15, -0.1) is 0 Å². The summed E-state index contributed by atoms with van der Waals surface area (Å²) in [7, 11) is 0. The fourth-order valence-electron chi connectivity index (χ4n) is 1.21. The van der Waals surface area contributed by atoms with E-state index in [1.807, 2.05) is 36.4 Å². The summed E-state index contributed by atoms with van der Waals surface area (Å²) in [4.78, 5) is 8.12. The fraction of sp³-hybridized carbons (Fsp3) is 0.0833. The van der Waals surface area contributed by atoms with Gasteiger partial charge in [-0.25, -0.2) is 9.97 Å². The molecular weight excluding hydrogens is 254 g/mol. The average molecular weight is 262 g/mol. The van der Waals surface area contributed by atoms with Crippen molar-refractivity contribution in [3.63, 3.8) is 0 Å². The van der Waals surface area contributed by atoms with E-state index in [0.29, 0.717) is 10.7 Å². The van der Waals surface area contributed by atoms with Crippen LogP contribution in [0.1, 0.15) is 11.1 Å². The lowest BCUT2D eigenvalue weighted by Gasteiger charge is -2.01. The minimum Gasteiger partial charge on any atom is -0.230 e. The Morgan fingerprint density at radius 1 is 1.29 bits per heavy atom. The van der Waals surface area contributed by atoms with Crippen LogP contribution in [0.4, 0.5) is 0 Å². The molecule has 1 aromatic heterocycles. The molecule has 0 N–H and O–H groups in total. The van der Waals surface area contributed by atoms with Gasteiger partial charge < -0.3 is 0 Å². The maximum absolute atomic E-state index is 8.70. The predicted molar refractivity (Wildman–Crippen MR) is 67.8 cm³/mol. The molecule has 0 fully saturated rings. The molecule has 17 heavy (non-hydrogen) atoms. The van der Waals surface area contributed by atoms with Crippen molar-refractivity contribution in [1.82, 2.24) is 9.97 Å². The molecule has 3 nitrogen and oxygen atoms in total. The summed E-state index contributed by atoms with van der Waals surface area (Å²) in [5.74, 6) is 0.781. The van der Waals surface area contributed by atoms with Gasteiger partial charge in [0.15, 0.2) is 10.3 Å². The van der Waals surface area contributed by atoms with E-state index in [0.717, 1.165) is 5.75 Å². The van der Waals surface area contributed by atoms with Crippen LogP contribution in [0.15, 0.2) is 41.7 Å². The van der Waals surface area contributed by atoms with Crippen LogP contribution in [0.2, 0.25) is 5.15 Å². The van der Waals surface area contributed by atoms with Gasteiger partial charge in [-0.2, -0.15) is 5.26 Å². The molecule has 5 heteroatoms. The molecule has 2 rings (SSSR count). The Morgan fingerprint density at radius 2 is 2.06 bits per heavy atom. The molecule has 0 amide bonds. The van der Waals surface area contributed by atoms with Crippen LogP contribution >= 0.6 is 23.4 Å². The fourth-order valence-corrected chi connectivity index (χ4v) is 2.21. The first-order chi connectivity index (χ1) is 8.29. The molecular formula is C12H8ClN3S. The lowest BCUT2D eigenvalue weighted by Crippen LogP contribution is -1.91. The van der Waals surface area contributed by atoms with E-state index < -0.39 is 0 Å². The van der Waals surface area contributed by atoms with Gasteiger partial charge in [0.2, 0.25) is 0 Å². The molecule has 2 aromatic rings. The summed E-state index contributed by atoms with van der Waals surface area (Å²) in [5.41, 5.74) is 1.50. The predicted octanol–water partition coefficient (Wildman–Crippen LogP) is 3.29. The van der Waals surface area contributed by atoms with Crippen LogP contribution in [-0.4, -0.2) is 9.97 Å². The van der Waals surface area contributed by atoms with E-state index in [4.69, 9.17) is 16.9 Å². The zero-order chi connectivity index (χ0) is 12.1. The average Bonchev–Trinajstić information content (AvgIpc) is 2.38. The molecule has 84 valence electrons. The van der Waals surface area contributed by atoms with Crippen molar-refractivity contribution < 1.29 is 0 Å².